The number of aromatic nitrogens is 2. The van der Waals surface area contributed by atoms with E-state index >= 15 is 0 Å². The van der Waals surface area contributed by atoms with Gasteiger partial charge in [-0.3, -0.25) is 9.20 Å². The second-order valence-corrected chi connectivity index (χ2v) is 4.27. The van der Waals surface area contributed by atoms with Gasteiger partial charge < -0.3 is 0 Å². The van der Waals surface area contributed by atoms with Gasteiger partial charge in [-0.1, -0.05) is 15.9 Å². The van der Waals surface area contributed by atoms with E-state index in [1.54, 1.807) is 12.3 Å². The predicted molar refractivity (Wildman–Crippen MR) is 61.8 cm³/mol. The lowest BCUT2D eigenvalue weighted by atomic mass is 10.4. The van der Waals surface area contributed by atoms with Gasteiger partial charge in [0.15, 0.2) is 0 Å². The van der Waals surface area contributed by atoms with Crippen molar-refractivity contribution in [1.82, 2.24) is 9.38 Å². The molecule has 0 atom stereocenters. The highest BCUT2D eigenvalue weighted by atomic mass is 79.9. The molecule has 0 radical (unpaired) electrons. The van der Waals surface area contributed by atoms with Gasteiger partial charge in [0, 0.05) is 22.1 Å². The maximum atomic E-state index is 11.6. The highest BCUT2D eigenvalue weighted by Crippen LogP contribution is 2.10. The van der Waals surface area contributed by atoms with Crippen LogP contribution in [-0.2, 0) is 5.33 Å². The smallest absolute Gasteiger partial charge is 0.258 e. The average Bonchev–Trinajstić information content (AvgIpc) is 2.19. The van der Waals surface area contributed by atoms with Gasteiger partial charge in [-0.15, -0.1) is 0 Å². The average molecular weight is 318 g/mol. The normalized spacial score (nSPS) is 10.7. The number of rotatable bonds is 1. The van der Waals surface area contributed by atoms with E-state index in [0.717, 1.165) is 10.2 Å². The van der Waals surface area contributed by atoms with Crippen LogP contribution in [-0.4, -0.2) is 9.38 Å². The molecule has 2 rings (SSSR count). The van der Waals surface area contributed by atoms with Crippen LogP contribution in [0.3, 0.4) is 0 Å². The van der Waals surface area contributed by atoms with Crippen LogP contribution in [0.15, 0.2) is 33.7 Å². The third-order valence-corrected chi connectivity index (χ3v) is 2.86. The number of fused-ring (bicyclic) bond motifs is 1. The Balaban J connectivity index is 2.83. The zero-order valence-corrected chi connectivity index (χ0v) is 10.2. The van der Waals surface area contributed by atoms with E-state index < -0.39 is 0 Å². The van der Waals surface area contributed by atoms with Crippen molar-refractivity contribution >= 4 is 37.5 Å². The van der Waals surface area contributed by atoms with Gasteiger partial charge in [0.05, 0.1) is 5.69 Å². The Hall–Kier alpha value is -0.680. The summed E-state index contributed by atoms with van der Waals surface area (Å²) in [5.74, 6) is 0. The number of hydrogen-bond donors (Lipinski definition) is 0. The quantitative estimate of drug-likeness (QED) is 0.757. The molecule has 2 aromatic heterocycles. The van der Waals surface area contributed by atoms with Crippen molar-refractivity contribution < 1.29 is 0 Å². The first-order chi connectivity index (χ1) is 6.70. The summed E-state index contributed by atoms with van der Waals surface area (Å²) in [6.07, 6.45) is 1.71. The van der Waals surface area contributed by atoms with Crippen LogP contribution in [0.1, 0.15) is 5.69 Å². The molecule has 0 N–H and O–H groups in total. The van der Waals surface area contributed by atoms with Crippen molar-refractivity contribution in [2.45, 2.75) is 5.33 Å². The Morgan fingerprint density at radius 1 is 1.43 bits per heavy atom. The number of nitrogens with zero attached hydrogens (tertiary/aromatic N) is 2. The molecule has 2 aromatic rings. The maximum absolute atomic E-state index is 11.6. The first-order valence-corrected chi connectivity index (χ1v) is 5.86. The molecule has 5 heteroatoms. The molecule has 0 aliphatic rings. The summed E-state index contributed by atoms with van der Waals surface area (Å²) < 4.78 is 2.37. The Morgan fingerprint density at radius 3 is 2.93 bits per heavy atom. The first kappa shape index (κ1) is 9.86. The molecule has 0 fully saturated rings. The molecule has 0 aliphatic heterocycles. The molecule has 72 valence electrons. The Labute approximate surface area is 97.0 Å². The number of alkyl halides is 1. The molecule has 0 spiro atoms. The van der Waals surface area contributed by atoms with Crippen LogP contribution in [0, 0.1) is 0 Å². The second-order valence-electron chi connectivity index (χ2n) is 2.79. The van der Waals surface area contributed by atoms with Crippen LogP contribution in [0.5, 0.6) is 0 Å². The molecule has 14 heavy (non-hydrogen) atoms. The van der Waals surface area contributed by atoms with Gasteiger partial charge in [-0.2, -0.15) is 0 Å². The molecular weight excluding hydrogens is 312 g/mol. The van der Waals surface area contributed by atoms with E-state index in [2.05, 4.69) is 36.8 Å². The van der Waals surface area contributed by atoms with Crippen LogP contribution >= 0.6 is 31.9 Å². The Bertz CT molecular complexity index is 536. The molecule has 0 aromatic carbocycles. The molecular formula is C9H6Br2N2O. The van der Waals surface area contributed by atoms with Gasteiger partial charge in [-0.05, 0) is 28.1 Å². The fraction of sp³-hybridized carbons (Fsp3) is 0.111. The SMILES string of the molecule is O=c1cc(CBr)nc2ccc(Br)cn12. The monoisotopic (exact) mass is 316 g/mol. The van der Waals surface area contributed by atoms with Gasteiger partial charge in [0.2, 0.25) is 0 Å². The highest BCUT2D eigenvalue weighted by Gasteiger charge is 2.00. The molecule has 3 nitrogen and oxygen atoms in total. The minimum absolute atomic E-state index is 0.0641. The van der Waals surface area contributed by atoms with E-state index in [9.17, 15) is 4.79 Å². The van der Waals surface area contributed by atoms with Crippen molar-refractivity contribution in [2.75, 3.05) is 0 Å². The zero-order valence-electron chi connectivity index (χ0n) is 7.08. The standard InChI is InChI=1S/C9H6Br2N2O/c10-4-7-3-9(14)13-5-6(11)1-2-8(13)12-7/h1-3,5H,4H2. The lowest BCUT2D eigenvalue weighted by Crippen LogP contribution is -2.14. The van der Waals surface area contributed by atoms with E-state index in [1.807, 2.05) is 6.07 Å². The van der Waals surface area contributed by atoms with Crippen LogP contribution in [0.4, 0.5) is 0 Å². The molecule has 0 saturated heterocycles. The van der Waals surface area contributed by atoms with Gasteiger partial charge in [0.1, 0.15) is 5.65 Å². The molecule has 0 bridgehead atoms. The lowest BCUT2D eigenvalue weighted by molar-refractivity contribution is 1.01. The van der Waals surface area contributed by atoms with Crippen molar-refractivity contribution in [3.05, 3.63) is 44.9 Å². The summed E-state index contributed by atoms with van der Waals surface area (Å²) in [7, 11) is 0. The fourth-order valence-electron chi connectivity index (χ4n) is 1.19. The van der Waals surface area contributed by atoms with Crippen LogP contribution in [0.25, 0.3) is 5.65 Å². The molecule has 0 saturated carbocycles. The zero-order chi connectivity index (χ0) is 10.1. The molecule has 0 amide bonds. The Morgan fingerprint density at radius 2 is 2.21 bits per heavy atom. The van der Waals surface area contributed by atoms with E-state index in [4.69, 9.17) is 0 Å². The summed E-state index contributed by atoms with van der Waals surface area (Å²) in [5.41, 5.74) is 1.35. The second kappa shape index (κ2) is 3.82. The molecule has 0 aliphatic carbocycles. The highest BCUT2D eigenvalue weighted by molar-refractivity contribution is 9.10. The molecule has 0 unspecified atom stereocenters. The lowest BCUT2D eigenvalue weighted by Gasteiger charge is -2.01. The fourth-order valence-corrected chi connectivity index (χ4v) is 1.82. The minimum atomic E-state index is -0.0641. The van der Waals surface area contributed by atoms with Crippen molar-refractivity contribution in [2.24, 2.45) is 0 Å². The van der Waals surface area contributed by atoms with E-state index in [1.165, 1.54) is 10.5 Å². The maximum Gasteiger partial charge on any atom is 0.258 e. The third-order valence-electron chi connectivity index (χ3n) is 1.81. The topological polar surface area (TPSA) is 34.4 Å². The van der Waals surface area contributed by atoms with Crippen molar-refractivity contribution in [3.8, 4) is 0 Å². The predicted octanol–water partition coefficient (Wildman–Crippen LogP) is 2.35. The summed E-state index contributed by atoms with van der Waals surface area (Å²) in [6, 6.07) is 5.19. The van der Waals surface area contributed by atoms with E-state index in [-0.39, 0.29) is 5.56 Å². The van der Waals surface area contributed by atoms with Crippen LogP contribution in [0.2, 0.25) is 0 Å². The van der Waals surface area contributed by atoms with Gasteiger partial charge in [0.25, 0.3) is 5.56 Å². The summed E-state index contributed by atoms with van der Waals surface area (Å²) >= 11 is 6.58. The number of halogens is 2. The van der Waals surface area contributed by atoms with Crippen LogP contribution < -0.4 is 5.56 Å². The van der Waals surface area contributed by atoms with Gasteiger partial charge in [-0.25, -0.2) is 4.98 Å². The Kier molecular flexibility index (Phi) is 2.69. The van der Waals surface area contributed by atoms with Crippen molar-refractivity contribution in [1.29, 1.82) is 0 Å². The third kappa shape index (κ3) is 1.74. The summed E-state index contributed by atoms with van der Waals surface area (Å²) in [4.78, 5) is 15.9. The minimum Gasteiger partial charge on any atom is -0.269 e. The first-order valence-electron chi connectivity index (χ1n) is 3.94. The van der Waals surface area contributed by atoms with E-state index in [0.29, 0.717) is 11.0 Å². The largest absolute Gasteiger partial charge is 0.269 e. The summed E-state index contributed by atoms with van der Waals surface area (Å²) in [6.45, 7) is 0. The number of pyridine rings is 1. The summed E-state index contributed by atoms with van der Waals surface area (Å²) in [5, 5.41) is 0.592. The van der Waals surface area contributed by atoms with Gasteiger partial charge >= 0.3 is 0 Å². The molecule has 2 heterocycles. The number of hydrogen-bond acceptors (Lipinski definition) is 2. The van der Waals surface area contributed by atoms with Crippen molar-refractivity contribution in [3.63, 3.8) is 0 Å².